The van der Waals surface area contributed by atoms with E-state index in [1.807, 2.05) is 24.3 Å². The second-order valence-corrected chi connectivity index (χ2v) is 5.35. The summed E-state index contributed by atoms with van der Waals surface area (Å²) in [7, 11) is 2.17. The molecule has 3 nitrogen and oxygen atoms in total. The lowest BCUT2D eigenvalue weighted by molar-refractivity contribution is 0.199. The molecule has 0 aromatic heterocycles. The summed E-state index contributed by atoms with van der Waals surface area (Å²) < 4.78 is 6.78. The van der Waals surface area contributed by atoms with Crippen LogP contribution in [0.15, 0.2) is 28.7 Å². The van der Waals surface area contributed by atoms with Gasteiger partial charge in [0.1, 0.15) is 12.4 Å². The van der Waals surface area contributed by atoms with E-state index in [2.05, 4.69) is 33.2 Å². The van der Waals surface area contributed by atoms with Gasteiger partial charge in [0.15, 0.2) is 0 Å². The highest BCUT2D eigenvalue weighted by molar-refractivity contribution is 9.10. The van der Waals surface area contributed by atoms with Crippen molar-refractivity contribution in [3.05, 3.63) is 28.7 Å². The van der Waals surface area contributed by atoms with Crippen molar-refractivity contribution in [3.8, 4) is 5.75 Å². The first kappa shape index (κ1) is 15.8. The number of nitrogens with zero attached hydrogens (tertiary/aromatic N) is 1. The van der Waals surface area contributed by atoms with E-state index in [1.165, 1.54) is 6.42 Å². The van der Waals surface area contributed by atoms with Crippen molar-refractivity contribution in [1.29, 1.82) is 0 Å². The standard InChI is InChI=1S/C13H19BrN2O.ClH/c1-16(12-5-6-15-10-12)7-8-17-13-4-2-3-11(14)9-13;/h2-4,9,12,15H,5-8,10H2,1H3;1H. The Morgan fingerprint density at radius 1 is 1.50 bits per heavy atom. The Labute approximate surface area is 123 Å². The van der Waals surface area contributed by atoms with Crippen LogP contribution in [0.2, 0.25) is 0 Å². The maximum absolute atomic E-state index is 5.72. The molecule has 18 heavy (non-hydrogen) atoms. The number of likely N-dealkylation sites (N-methyl/N-ethyl adjacent to an activating group) is 1. The normalized spacial score (nSPS) is 18.7. The van der Waals surface area contributed by atoms with Gasteiger partial charge in [0, 0.05) is 23.6 Å². The van der Waals surface area contributed by atoms with Gasteiger partial charge in [-0.1, -0.05) is 22.0 Å². The summed E-state index contributed by atoms with van der Waals surface area (Å²) in [6.07, 6.45) is 1.24. The molecule has 2 rings (SSSR count). The molecule has 1 aromatic rings. The second-order valence-electron chi connectivity index (χ2n) is 4.43. The van der Waals surface area contributed by atoms with Crippen LogP contribution in [0.3, 0.4) is 0 Å². The van der Waals surface area contributed by atoms with Crippen molar-refractivity contribution in [3.63, 3.8) is 0 Å². The molecule has 1 aromatic carbocycles. The fourth-order valence-electron chi connectivity index (χ4n) is 2.06. The highest BCUT2D eigenvalue weighted by Crippen LogP contribution is 2.17. The number of ether oxygens (including phenoxy) is 1. The number of halogens is 2. The lowest BCUT2D eigenvalue weighted by Gasteiger charge is -2.23. The molecule has 1 aliphatic rings. The van der Waals surface area contributed by atoms with E-state index in [-0.39, 0.29) is 12.4 Å². The molecule has 1 fully saturated rings. The lowest BCUT2D eigenvalue weighted by atomic mass is 10.2. The molecule has 0 amide bonds. The Balaban J connectivity index is 0.00000162. The zero-order valence-electron chi connectivity index (χ0n) is 10.6. The number of rotatable bonds is 5. The highest BCUT2D eigenvalue weighted by atomic mass is 79.9. The predicted octanol–water partition coefficient (Wildman–Crippen LogP) is 2.54. The smallest absolute Gasteiger partial charge is 0.120 e. The minimum atomic E-state index is 0. The van der Waals surface area contributed by atoms with Gasteiger partial charge >= 0.3 is 0 Å². The van der Waals surface area contributed by atoms with Crippen molar-refractivity contribution >= 4 is 28.3 Å². The van der Waals surface area contributed by atoms with Crippen LogP contribution < -0.4 is 10.1 Å². The van der Waals surface area contributed by atoms with Crippen molar-refractivity contribution in [2.45, 2.75) is 12.5 Å². The summed E-state index contributed by atoms with van der Waals surface area (Å²) in [5.74, 6) is 0.928. The molecule has 102 valence electrons. The van der Waals surface area contributed by atoms with Crippen LogP contribution in [0.5, 0.6) is 5.75 Å². The minimum Gasteiger partial charge on any atom is -0.492 e. The molecule has 1 aliphatic heterocycles. The molecule has 5 heteroatoms. The van der Waals surface area contributed by atoms with E-state index in [4.69, 9.17) is 4.74 Å². The fourth-order valence-corrected chi connectivity index (χ4v) is 2.44. The average molecular weight is 336 g/mol. The molecule has 0 aliphatic carbocycles. The van der Waals surface area contributed by atoms with Crippen LogP contribution in [0, 0.1) is 0 Å². The summed E-state index contributed by atoms with van der Waals surface area (Å²) in [6.45, 7) is 3.96. The Morgan fingerprint density at radius 3 is 3.00 bits per heavy atom. The topological polar surface area (TPSA) is 24.5 Å². The van der Waals surface area contributed by atoms with Gasteiger partial charge in [0.2, 0.25) is 0 Å². The van der Waals surface area contributed by atoms with E-state index in [0.29, 0.717) is 6.04 Å². The molecule has 0 radical (unpaired) electrons. The van der Waals surface area contributed by atoms with Crippen molar-refractivity contribution < 1.29 is 4.74 Å². The largest absolute Gasteiger partial charge is 0.492 e. The van der Waals surface area contributed by atoms with Crippen LogP contribution in [0.1, 0.15) is 6.42 Å². The zero-order chi connectivity index (χ0) is 12.1. The van der Waals surface area contributed by atoms with Crippen molar-refractivity contribution in [2.75, 3.05) is 33.3 Å². The van der Waals surface area contributed by atoms with E-state index in [1.54, 1.807) is 0 Å². The summed E-state index contributed by atoms with van der Waals surface area (Å²) in [5, 5.41) is 3.38. The summed E-state index contributed by atoms with van der Waals surface area (Å²) in [4.78, 5) is 2.37. The van der Waals surface area contributed by atoms with E-state index >= 15 is 0 Å². The Kier molecular flexibility index (Phi) is 7.00. The number of hydrogen-bond donors (Lipinski definition) is 1. The van der Waals surface area contributed by atoms with Gasteiger partial charge in [-0.15, -0.1) is 12.4 Å². The summed E-state index contributed by atoms with van der Waals surface area (Å²) in [6, 6.07) is 8.65. The average Bonchev–Trinajstić information content (AvgIpc) is 2.82. The predicted molar refractivity (Wildman–Crippen MR) is 80.8 cm³/mol. The molecule has 1 unspecified atom stereocenters. The number of nitrogens with one attached hydrogen (secondary N) is 1. The van der Waals surface area contributed by atoms with Gasteiger partial charge in [0.25, 0.3) is 0 Å². The van der Waals surface area contributed by atoms with Crippen LogP contribution in [-0.2, 0) is 0 Å². The fraction of sp³-hybridized carbons (Fsp3) is 0.538. The van der Waals surface area contributed by atoms with E-state index < -0.39 is 0 Å². The number of benzene rings is 1. The SMILES string of the molecule is CN(CCOc1cccc(Br)c1)C1CCNC1.Cl. The molecular formula is C13H20BrClN2O. The Hall–Kier alpha value is -0.290. The Morgan fingerprint density at radius 2 is 2.33 bits per heavy atom. The molecule has 1 N–H and O–H groups in total. The molecule has 0 saturated carbocycles. The van der Waals surface area contributed by atoms with E-state index in [0.717, 1.165) is 36.5 Å². The van der Waals surface area contributed by atoms with Gasteiger partial charge < -0.3 is 10.1 Å². The van der Waals surface area contributed by atoms with Gasteiger partial charge in [-0.3, -0.25) is 4.90 Å². The summed E-state index contributed by atoms with van der Waals surface area (Å²) in [5.41, 5.74) is 0. The third-order valence-electron chi connectivity index (χ3n) is 3.17. The third kappa shape index (κ3) is 4.76. The van der Waals surface area contributed by atoms with Crippen LogP contribution in [0.25, 0.3) is 0 Å². The number of hydrogen-bond acceptors (Lipinski definition) is 3. The third-order valence-corrected chi connectivity index (χ3v) is 3.66. The monoisotopic (exact) mass is 334 g/mol. The molecular weight excluding hydrogens is 316 g/mol. The van der Waals surface area contributed by atoms with Gasteiger partial charge in [0.05, 0.1) is 0 Å². The van der Waals surface area contributed by atoms with E-state index in [9.17, 15) is 0 Å². The first-order valence-electron chi connectivity index (χ1n) is 6.05. The second kappa shape index (κ2) is 8.00. The molecule has 0 spiro atoms. The van der Waals surface area contributed by atoms with Crippen LogP contribution >= 0.6 is 28.3 Å². The maximum Gasteiger partial charge on any atom is 0.120 e. The zero-order valence-corrected chi connectivity index (χ0v) is 13.0. The highest BCUT2D eigenvalue weighted by Gasteiger charge is 2.18. The Bertz CT molecular complexity index is 359. The quantitative estimate of drug-likeness (QED) is 0.895. The van der Waals surface area contributed by atoms with Crippen LogP contribution in [0.4, 0.5) is 0 Å². The van der Waals surface area contributed by atoms with Gasteiger partial charge in [-0.05, 0) is 38.2 Å². The summed E-state index contributed by atoms with van der Waals surface area (Å²) >= 11 is 3.44. The van der Waals surface area contributed by atoms with Gasteiger partial charge in [-0.2, -0.15) is 0 Å². The first-order valence-corrected chi connectivity index (χ1v) is 6.84. The van der Waals surface area contributed by atoms with Crippen molar-refractivity contribution in [2.24, 2.45) is 0 Å². The van der Waals surface area contributed by atoms with Gasteiger partial charge in [-0.25, -0.2) is 0 Å². The molecule has 1 atom stereocenters. The maximum atomic E-state index is 5.72. The van der Waals surface area contributed by atoms with Crippen molar-refractivity contribution in [1.82, 2.24) is 10.2 Å². The first-order chi connectivity index (χ1) is 8.25. The van der Waals surface area contributed by atoms with Crippen LogP contribution in [-0.4, -0.2) is 44.2 Å². The molecule has 1 saturated heterocycles. The lowest BCUT2D eigenvalue weighted by Crippen LogP contribution is -2.36. The molecule has 1 heterocycles. The minimum absolute atomic E-state index is 0. The molecule has 0 bridgehead atoms.